The van der Waals surface area contributed by atoms with Crippen molar-refractivity contribution in [2.75, 3.05) is 19.0 Å². The molecule has 0 fully saturated rings. The Balaban J connectivity index is 1.91. The molecule has 0 aliphatic rings. The number of fused-ring (bicyclic) bond motifs is 1. The van der Waals surface area contributed by atoms with Gasteiger partial charge in [0.1, 0.15) is 17.2 Å². The molecule has 27 heavy (non-hydrogen) atoms. The standard InChI is InChI=1S/C18H20N6O3/c1-22(2)14-11(6-5-9-19-14)10-20-16(25)13-8-7-12-15(21-13)23(3)18(27)24(4)17(12)26/h5-9H,10H2,1-4H3,(H,20,25). The van der Waals surface area contributed by atoms with E-state index in [1.54, 1.807) is 12.3 Å². The maximum Gasteiger partial charge on any atom is 0.332 e. The van der Waals surface area contributed by atoms with Crippen molar-refractivity contribution in [1.29, 1.82) is 0 Å². The van der Waals surface area contributed by atoms with Crippen LogP contribution in [0.1, 0.15) is 16.1 Å². The van der Waals surface area contributed by atoms with Crippen LogP contribution in [0.5, 0.6) is 0 Å². The first-order valence-corrected chi connectivity index (χ1v) is 8.27. The van der Waals surface area contributed by atoms with Crippen LogP contribution in [0.25, 0.3) is 11.0 Å². The number of amides is 1. The number of aryl methyl sites for hydroxylation is 1. The molecule has 9 nitrogen and oxygen atoms in total. The van der Waals surface area contributed by atoms with Gasteiger partial charge in [0.05, 0.1) is 5.39 Å². The second-order valence-electron chi connectivity index (χ2n) is 6.34. The molecule has 0 saturated carbocycles. The van der Waals surface area contributed by atoms with Crippen molar-refractivity contribution in [3.8, 4) is 0 Å². The third-order valence-electron chi connectivity index (χ3n) is 4.26. The first kappa shape index (κ1) is 18.3. The van der Waals surface area contributed by atoms with Crippen molar-refractivity contribution in [2.24, 2.45) is 14.1 Å². The predicted molar refractivity (Wildman–Crippen MR) is 102 cm³/mol. The quantitative estimate of drug-likeness (QED) is 0.697. The Labute approximate surface area is 154 Å². The largest absolute Gasteiger partial charge is 0.362 e. The number of rotatable bonds is 4. The maximum absolute atomic E-state index is 12.5. The SMILES string of the molecule is CN(C)c1ncccc1CNC(=O)c1ccc2c(=O)n(C)c(=O)n(C)c2n1. The van der Waals surface area contributed by atoms with E-state index in [-0.39, 0.29) is 23.3 Å². The molecule has 1 N–H and O–H groups in total. The molecule has 0 aliphatic carbocycles. The molecule has 9 heteroatoms. The van der Waals surface area contributed by atoms with Gasteiger partial charge in [-0.3, -0.25) is 18.7 Å². The number of pyridine rings is 2. The molecular formula is C18H20N6O3. The van der Waals surface area contributed by atoms with Gasteiger partial charge in [0, 0.05) is 46.5 Å². The summed E-state index contributed by atoms with van der Waals surface area (Å²) in [6.07, 6.45) is 1.69. The molecule has 0 spiro atoms. The molecule has 0 atom stereocenters. The van der Waals surface area contributed by atoms with Crippen LogP contribution in [0.15, 0.2) is 40.1 Å². The van der Waals surface area contributed by atoms with Gasteiger partial charge in [-0.2, -0.15) is 0 Å². The number of hydrogen-bond donors (Lipinski definition) is 1. The third-order valence-corrected chi connectivity index (χ3v) is 4.26. The number of nitrogens with zero attached hydrogens (tertiary/aromatic N) is 5. The zero-order valence-electron chi connectivity index (χ0n) is 15.6. The Bertz CT molecular complexity index is 1150. The van der Waals surface area contributed by atoms with Crippen LogP contribution in [0.4, 0.5) is 5.82 Å². The lowest BCUT2D eigenvalue weighted by molar-refractivity contribution is 0.0946. The molecule has 0 bridgehead atoms. The topological polar surface area (TPSA) is 102 Å². The zero-order valence-corrected chi connectivity index (χ0v) is 15.6. The van der Waals surface area contributed by atoms with Crippen LogP contribution in [-0.4, -0.2) is 39.1 Å². The maximum atomic E-state index is 12.5. The smallest absolute Gasteiger partial charge is 0.332 e. The Morgan fingerprint density at radius 2 is 1.89 bits per heavy atom. The van der Waals surface area contributed by atoms with E-state index >= 15 is 0 Å². The number of nitrogens with one attached hydrogen (secondary N) is 1. The minimum atomic E-state index is -0.497. The molecule has 0 unspecified atom stereocenters. The average Bonchev–Trinajstić information content (AvgIpc) is 2.68. The first-order valence-electron chi connectivity index (χ1n) is 8.27. The second-order valence-corrected chi connectivity index (χ2v) is 6.34. The Hall–Kier alpha value is -3.49. The van der Waals surface area contributed by atoms with Gasteiger partial charge in [0.15, 0.2) is 0 Å². The molecule has 1 amide bonds. The zero-order chi connectivity index (χ0) is 19.7. The summed E-state index contributed by atoms with van der Waals surface area (Å²) in [6, 6.07) is 6.66. The molecular weight excluding hydrogens is 348 g/mol. The van der Waals surface area contributed by atoms with E-state index in [1.807, 2.05) is 25.1 Å². The molecule has 3 aromatic rings. The lowest BCUT2D eigenvalue weighted by Gasteiger charge is -2.16. The summed E-state index contributed by atoms with van der Waals surface area (Å²) in [5, 5.41) is 3.07. The average molecular weight is 368 g/mol. The summed E-state index contributed by atoms with van der Waals surface area (Å²) in [5.41, 5.74) is 0.215. The normalized spacial score (nSPS) is 10.8. The monoisotopic (exact) mass is 368 g/mol. The number of aromatic nitrogens is 4. The van der Waals surface area contributed by atoms with Gasteiger partial charge in [-0.05, 0) is 18.2 Å². The van der Waals surface area contributed by atoms with Gasteiger partial charge in [0.25, 0.3) is 11.5 Å². The summed E-state index contributed by atoms with van der Waals surface area (Å²) >= 11 is 0. The Morgan fingerprint density at radius 3 is 2.59 bits per heavy atom. The van der Waals surface area contributed by atoms with Gasteiger partial charge < -0.3 is 10.2 Å². The van der Waals surface area contributed by atoms with Gasteiger partial charge in [-0.25, -0.2) is 14.8 Å². The lowest BCUT2D eigenvalue weighted by Crippen LogP contribution is -2.37. The number of carbonyl (C=O) groups is 1. The van der Waals surface area contributed by atoms with Crippen molar-refractivity contribution in [3.05, 3.63) is 62.6 Å². The second kappa shape index (κ2) is 7.02. The fourth-order valence-corrected chi connectivity index (χ4v) is 2.82. The van der Waals surface area contributed by atoms with Crippen molar-refractivity contribution < 1.29 is 4.79 Å². The minimum absolute atomic E-state index is 0.126. The van der Waals surface area contributed by atoms with E-state index in [0.717, 1.165) is 15.9 Å². The highest BCUT2D eigenvalue weighted by Crippen LogP contribution is 2.14. The van der Waals surface area contributed by atoms with Gasteiger partial charge in [-0.15, -0.1) is 0 Å². The van der Waals surface area contributed by atoms with E-state index in [1.165, 1.54) is 30.8 Å². The summed E-state index contributed by atoms with van der Waals surface area (Å²) in [7, 11) is 6.66. The van der Waals surface area contributed by atoms with Gasteiger partial charge in [0.2, 0.25) is 0 Å². The summed E-state index contributed by atoms with van der Waals surface area (Å²) in [6.45, 7) is 0.273. The first-order chi connectivity index (χ1) is 12.8. The third kappa shape index (κ3) is 3.31. The fourth-order valence-electron chi connectivity index (χ4n) is 2.82. The van der Waals surface area contributed by atoms with Crippen molar-refractivity contribution in [2.45, 2.75) is 6.54 Å². The van der Waals surface area contributed by atoms with Crippen LogP contribution >= 0.6 is 0 Å². The lowest BCUT2D eigenvalue weighted by atomic mass is 10.2. The molecule has 0 saturated heterocycles. The van der Waals surface area contributed by atoms with E-state index in [9.17, 15) is 14.4 Å². The minimum Gasteiger partial charge on any atom is -0.362 e. The fraction of sp³-hybridized carbons (Fsp3) is 0.278. The van der Waals surface area contributed by atoms with Crippen LogP contribution in [-0.2, 0) is 20.6 Å². The highest BCUT2D eigenvalue weighted by Gasteiger charge is 2.14. The van der Waals surface area contributed by atoms with E-state index in [4.69, 9.17) is 0 Å². The molecule has 3 aromatic heterocycles. The Morgan fingerprint density at radius 1 is 1.15 bits per heavy atom. The molecule has 3 heterocycles. The number of hydrogen-bond acceptors (Lipinski definition) is 6. The van der Waals surface area contributed by atoms with Crippen molar-refractivity contribution in [1.82, 2.24) is 24.4 Å². The summed E-state index contributed by atoms with van der Waals surface area (Å²) in [4.78, 5) is 47.1. The van der Waals surface area contributed by atoms with Crippen LogP contribution in [0.2, 0.25) is 0 Å². The molecule has 0 aromatic carbocycles. The summed E-state index contributed by atoms with van der Waals surface area (Å²) < 4.78 is 2.26. The number of carbonyl (C=O) groups excluding carboxylic acids is 1. The van der Waals surface area contributed by atoms with Crippen molar-refractivity contribution >= 4 is 22.8 Å². The summed E-state index contributed by atoms with van der Waals surface area (Å²) in [5.74, 6) is 0.355. The van der Waals surface area contributed by atoms with Gasteiger partial charge >= 0.3 is 5.69 Å². The van der Waals surface area contributed by atoms with E-state index in [0.29, 0.717) is 0 Å². The van der Waals surface area contributed by atoms with E-state index in [2.05, 4.69) is 15.3 Å². The molecule has 140 valence electrons. The predicted octanol–water partition coefficient (Wildman–Crippen LogP) is 0.0232. The van der Waals surface area contributed by atoms with E-state index < -0.39 is 17.2 Å². The highest BCUT2D eigenvalue weighted by atomic mass is 16.2. The number of anilines is 1. The highest BCUT2D eigenvalue weighted by molar-refractivity contribution is 5.94. The van der Waals surface area contributed by atoms with Crippen molar-refractivity contribution in [3.63, 3.8) is 0 Å². The van der Waals surface area contributed by atoms with Crippen LogP contribution < -0.4 is 21.5 Å². The Kier molecular flexibility index (Phi) is 4.76. The van der Waals surface area contributed by atoms with Crippen LogP contribution in [0, 0.1) is 0 Å². The molecule has 0 aliphatic heterocycles. The molecule has 3 rings (SSSR count). The van der Waals surface area contributed by atoms with Crippen LogP contribution in [0.3, 0.4) is 0 Å². The van der Waals surface area contributed by atoms with Gasteiger partial charge in [-0.1, -0.05) is 6.07 Å². The molecule has 0 radical (unpaired) electrons.